The Morgan fingerprint density at radius 3 is 3.00 bits per heavy atom. The molecule has 48 valence electrons. The Morgan fingerprint density at radius 2 is 2.56 bits per heavy atom. The first-order valence-electron chi connectivity index (χ1n) is 2.99. The van der Waals surface area contributed by atoms with E-state index in [1.807, 2.05) is 6.08 Å². The third-order valence-corrected chi connectivity index (χ3v) is 1.95. The van der Waals surface area contributed by atoms with Crippen molar-refractivity contribution >= 4 is 0 Å². The molecule has 0 amide bonds. The first-order valence-corrected chi connectivity index (χ1v) is 3.58. The Bertz CT molecular complexity index is 175. The van der Waals surface area contributed by atoms with Crippen LogP contribution < -0.4 is 0 Å². The molecule has 0 bridgehead atoms. The van der Waals surface area contributed by atoms with Crippen molar-refractivity contribution in [3.63, 3.8) is 0 Å². The summed E-state index contributed by atoms with van der Waals surface area (Å²) in [7, 11) is 0. The second-order valence-corrected chi connectivity index (χ2v) is 2.74. The van der Waals surface area contributed by atoms with Crippen LogP contribution in [0.4, 0.5) is 0 Å². The van der Waals surface area contributed by atoms with Crippen molar-refractivity contribution in [3.05, 3.63) is 34.9 Å². The minimum atomic E-state index is 0.983. The molecule has 1 rings (SSSR count). The topological polar surface area (TPSA) is 0 Å². The van der Waals surface area contributed by atoms with E-state index in [0.29, 0.717) is 0 Å². The molecule has 0 aromatic carbocycles. The minimum absolute atomic E-state index is 0.983. The summed E-state index contributed by atoms with van der Waals surface area (Å²) >= 11 is 3.48. The Balaban J connectivity index is 2.64. The van der Waals surface area contributed by atoms with E-state index in [1.54, 1.807) is 0 Å². The molecule has 0 aromatic rings. The van der Waals surface area contributed by atoms with E-state index in [9.17, 15) is 0 Å². The van der Waals surface area contributed by atoms with Gasteiger partial charge in [0.05, 0.1) is 0 Å². The van der Waals surface area contributed by atoms with Gasteiger partial charge in [-0.25, -0.2) is 0 Å². The molecule has 0 saturated heterocycles. The van der Waals surface area contributed by atoms with Gasteiger partial charge in [-0.2, -0.15) is 0 Å². The zero-order valence-corrected chi connectivity index (χ0v) is 6.41. The molecular formula is C8H9Mn. The molecule has 0 saturated carbocycles. The second kappa shape index (κ2) is 3.05. The molecule has 0 N–H and O–H groups in total. The number of allylic oxidation sites excluding steroid dienone is 5. The predicted octanol–water partition coefficient (Wildman–Crippen LogP) is 2.32. The van der Waals surface area contributed by atoms with E-state index in [1.165, 1.54) is 10.0 Å². The Kier molecular flexibility index (Phi) is 2.32. The molecule has 1 heteroatoms. The maximum atomic E-state index is 3.67. The van der Waals surface area contributed by atoms with Gasteiger partial charge in [0.2, 0.25) is 0 Å². The normalized spacial score (nSPS) is 17.0. The van der Waals surface area contributed by atoms with E-state index in [0.717, 1.165) is 12.8 Å². The van der Waals surface area contributed by atoms with Crippen LogP contribution in [-0.4, -0.2) is 0 Å². The molecule has 0 nitrogen and oxygen atoms in total. The quantitative estimate of drug-likeness (QED) is 0.429. The van der Waals surface area contributed by atoms with Gasteiger partial charge < -0.3 is 0 Å². The zero-order chi connectivity index (χ0) is 6.69. The summed E-state index contributed by atoms with van der Waals surface area (Å²) in [6.07, 6.45) is 8.27. The monoisotopic (exact) mass is 160 g/mol. The Morgan fingerprint density at radius 1 is 1.78 bits per heavy atom. The Hall–Kier alpha value is -0.261. The van der Waals surface area contributed by atoms with Crippen molar-refractivity contribution in [2.75, 3.05) is 0 Å². The SMILES string of the molecule is C=CCC1=[C]([Mn])CC=C1. The summed E-state index contributed by atoms with van der Waals surface area (Å²) in [5.41, 5.74) is 1.37. The van der Waals surface area contributed by atoms with Gasteiger partial charge in [0.25, 0.3) is 0 Å². The molecule has 0 heterocycles. The van der Waals surface area contributed by atoms with Crippen LogP contribution in [0, 0.1) is 0 Å². The molecule has 0 aliphatic heterocycles. The van der Waals surface area contributed by atoms with Crippen LogP contribution in [0.2, 0.25) is 0 Å². The van der Waals surface area contributed by atoms with Gasteiger partial charge in [-0.3, -0.25) is 0 Å². The van der Waals surface area contributed by atoms with E-state index < -0.39 is 0 Å². The van der Waals surface area contributed by atoms with Gasteiger partial charge in [0.1, 0.15) is 0 Å². The van der Waals surface area contributed by atoms with Crippen LogP contribution in [0.15, 0.2) is 34.9 Å². The predicted molar refractivity (Wildman–Crippen MR) is 35.6 cm³/mol. The molecule has 1 aliphatic carbocycles. The van der Waals surface area contributed by atoms with Gasteiger partial charge in [-0.05, 0) is 0 Å². The van der Waals surface area contributed by atoms with E-state index >= 15 is 0 Å². The van der Waals surface area contributed by atoms with Gasteiger partial charge in [-0.1, -0.05) is 0 Å². The molecular weight excluding hydrogens is 151 g/mol. The average Bonchev–Trinajstić information content (AvgIpc) is 2.18. The van der Waals surface area contributed by atoms with Gasteiger partial charge >= 0.3 is 63.7 Å². The van der Waals surface area contributed by atoms with Crippen molar-refractivity contribution in [3.8, 4) is 0 Å². The summed E-state index contributed by atoms with van der Waals surface area (Å²) in [5.74, 6) is 0. The molecule has 0 radical (unpaired) electrons. The molecule has 0 spiro atoms. The fourth-order valence-electron chi connectivity index (χ4n) is 0.860. The summed E-state index contributed by atoms with van der Waals surface area (Å²) in [6.45, 7) is 3.67. The third kappa shape index (κ3) is 1.57. The number of hydrogen-bond donors (Lipinski definition) is 0. The maximum absolute atomic E-state index is 3.67. The van der Waals surface area contributed by atoms with Crippen molar-refractivity contribution in [1.82, 2.24) is 0 Å². The van der Waals surface area contributed by atoms with Crippen LogP contribution >= 0.6 is 0 Å². The molecule has 0 fully saturated rings. The van der Waals surface area contributed by atoms with Crippen LogP contribution in [-0.2, 0) is 16.0 Å². The second-order valence-electron chi connectivity index (χ2n) is 2.03. The summed E-state index contributed by atoms with van der Waals surface area (Å²) < 4.78 is 1.31. The molecule has 9 heavy (non-hydrogen) atoms. The summed E-state index contributed by atoms with van der Waals surface area (Å²) in [4.78, 5) is 0. The van der Waals surface area contributed by atoms with Crippen molar-refractivity contribution in [2.24, 2.45) is 0 Å². The first kappa shape index (κ1) is 6.85. The zero-order valence-electron chi connectivity index (χ0n) is 5.23. The van der Waals surface area contributed by atoms with E-state index in [4.69, 9.17) is 0 Å². The van der Waals surface area contributed by atoms with Gasteiger partial charge in [0, 0.05) is 0 Å². The molecule has 0 atom stereocenters. The average molecular weight is 160 g/mol. The fourth-order valence-corrected chi connectivity index (χ4v) is 1.22. The number of hydrogen-bond acceptors (Lipinski definition) is 0. The van der Waals surface area contributed by atoms with E-state index in [2.05, 4.69) is 34.7 Å². The summed E-state index contributed by atoms with van der Waals surface area (Å²) in [6, 6.07) is 0. The number of rotatable bonds is 2. The fraction of sp³-hybridized carbons (Fsp3) is 0.250. The molecule has 0 aromatic heterocycles. The van der Waals surface area contributed by atoms with Gasteiger partial charge in [-0.15, -0.1) is 0 Å². The van der Waals surface area contributed by atoms with Crippen molar-refractivity contribution in [2.45, 2.75) is 12.8 Å². The Labute approximate surface area is 64.2 Å². The first-order chi connectivity index (χ1) is 4.34. The van der Waals surface area contributed by atoms with Crippen molar-refractivity contribution in [1.29, 1.82) is 0 Å². The van der Waals surface area contributed by atoms with Crippen LogP contribution in [0.1, 0.15) is 12.8 Å². The van der Waals surface area contributed by atoms with Crippen LogP contribution in [0.5, 0.6) is 0 Å². The van der Waals surface area contributed by atoms with Crippen LogP contribution in [0.3, 0.4) is 0 Å². The third-order valence-electron chi connectivity index (χ3n) is 1.33. The van der Waals surface area contributed by atoms with Crippen LogP contribution in [0.25, 0.3) is 0 Å². The molecule has 1 aliphatic rings. The molecule has 0 unspecified atom stereocenters. The van der Waals surface area contributed by atoms with E-state index in [-0.39, 0.29) is 0 Å². The van der Waals surface area contributed by atoms with Gasteiger partial charge in [0.15, 0.2) is 0 Å². The standard InChI is InChI=1S/C8H9.Mn/c1-2-5-8-6-3-4-7-8;/h2-3,6H,1,4-5H2;. The van der Waals surface area contributed by atoms with Crippen molar-refractivity contribution < 1.29 is 16.0 Å². The summed E-state index contributed by atoms with van der Waals surface area (Å²) in [5, 5.41) is 0.